The van der Waals surface area contributed by atoms with E-state index in [-0.39, 0.29) is 75.2 Å². The van der Waals surface area contributed by atoms with Crippen LogP contribution in [0.3, 0.4) is 0 Å². The van der Waals surface area contributed by atoms with Crippen LogP contribution in [0.4, 0.5) is 0 Å². The van der Waals surface area contributed by atoms with Crippen LogP contribution >= 0.6 is 0 Å². The SMILES string of the molecule is CC(=O)OC(C)(C)C.CC(=O)OC(C)(C)C(C)(C)C.CC(=O)OC1(C)CCCCC1.CCC(C)(C)OC(C)=O.CCC(CC)(CC)OC(C)=O.CCC1(OC(C)=O)CCCCC1.COC(C)(C)OC(C)=O. The molecular formula is C56H108O15. The second-order valence-electron chi connectivity index (χ2n) is 22.1. The lowest BCUT2D eigenvalue weighted by Crippen LogP contribution is -2.40. The van der Waals surface area contributed by atoms with Crippen molar-refractivity contribution >= 4 is 41.8 Å². The fraction of sp³-hybridized carbons (Fsp3) is 0.875. The first-order chi connectivity index (χ1) is 31.9. The van der Waals surface area contributed by atoms with Crippen molar-refractivity contribution in [2.24, 2.45) is 5.41 Å². The molecule has 15 nitrogen and oxygen atoms in total. The highest BCUT2D eigenvalue weighted by molar-refractivity contribution is 5.68. The number of hydrogen-bond acceptors (Lipinski definition) is 15. The summed E-state index contributed by atoms with van der Waals surface area (Å²) in [5.74, 6) is -2.21. The molecule has 2 aliphatic rings. The molecule has 0 bridgehead atoms. The summed E-state index contributed by atoms with van der Waals surface area (Å²) in [4.78, 5) is 73.9. The van der Waals surface area contributed by atoms with Gasteiger partial charge in [-0.25, -0.2) is 0 Å². The molecule has 15 heteroatoms. The van der Waals surface area contributed by atoms with E-state index >= 15 is 0 Å². The molecule has 71 heavy (non-hydrogen) atoms. The zero-order valence-electron chi connectivity index (χ0n) is 50.2. The maximum Gasteiger partial charge on any atom is 0.305 e. The van der Waals surface area contributed by atoms with Crippen LogP contribution in [-0.4, -0.2) is 88.3 Å². The maximum absolute atomic E-state index is 10.9. The minimum Gasteiger partial charge on any atom is -0.460 e. The monoisotopic (exact) mass is 1020 g/mol. The Morgan fingerprint density at radius 1 is 0.423 bits per heavy atom. The number of carbonyl (C=O) groups is 7. The summed E-state index contributed by atoms with van der Waals surface area (Å²) >= 11 is 0. The summed E-state index contributed by atoms with van der Waals surface area (Å²) in [5, 5.41) is 0. The fourth-order valence-electron chi connectivity index (χ4n) is 6.84. The Labute approximate surface area is 433 Å². The maximum atomic E-state index is 10.9. The van der Waals surface area contributed by atoms with Gasteiger partial charge in [0, 0.05) is 74.8 Å². The third-order valence-electron chi connectivity index (χ3n) is 12.2. The van der Waals surface area contributed by atoms with Crippen molar-refractivity contribution in [1.82, 2.24) is 0 Å². The average Bonchev–Trinajstić information content (AvgIpc) is 3.18. The standard InChI is InChI=1S/C10H18O2.C9H16O2.2C9H18O2.C7H14O2.C6H12O3.C6H12O2/c1-3-10(12-9(2)11)7-5-4-6-8-10;1-8(10)11-9(2)6-4-3-5-7-9;1-7(10)11-9(5,6)8(2,3)4;1-5-9(6-2,7-3)11-8(4)10;1-5-7(3,4)9-6(2)8;1-5(7)9-6(2,3)8-4;1-5(7)8-6(2,3)4/h3-8H2,1-2H3;3-7H2,1-2H3;1-6H3;5-7H2,1-4H3;5H2,1-4H3;1-4H3;1-4H3. The predicted octanol–water partition coefficient (Wildman–Crippen LogP) is 13.8. The van der Waals surface area contributed by atoms with Crippen LogP contribution in [0.1, 0.15) is 269 Å². The molecule has 2 fully saturated rings. The molecule has 0 aliphatic heterocycles. The number of carbonyl (C=O) groups excluding carboxylic acids is 7. The third kappa shape index (κ3) is 44.7. The van der Waals surface area contributed by atoms with Crippen molar-refractivity contribution < 1.29 is 71.5 Å². The van der Waals surface area contributed by atoms with Gasteiger partial charge in [-0.05, 0) is 139 Å². The highest BCUT2D eigenvalue weighted by atomic mass is 16.7. The molecular weight excluding hydrogens is 913 g/mol. The van der Waals surface area contributed by atoms with Gasteiger partial charge < -0.3 is 37.9 Å². The molecule has 0 radical (unpaired) electrons. The molecule has 0 saturated heterocycles. The first-order valence-corrected chi connectivity index (χ1v) is 25.9. The molecule has 422 valence electrons. The molecule has 2 aliphatic carbocycles. The van der Waals surface area contributed by atoms with Crippen LogP contribution in [0.2, 0.25) is 0 Å². The van der Waals surface area contributed by atoms with E-state index in [4.69, 9.17) is 37.9 Å². The topological polar surface area (TPSA) is 193 Å². The molecule has 0 aromatic heterocycles. The number of methoxy groups -OCH3 is 1. The molecule has 0 unspecified atom stereocenters. The third-order valence-corrected chi connectivity index (χ3v) is 12.2. The van der Waals surface area contributed by atoms with E-state index < -0.39 is 11.4 Å². The predicted molar refractivity (Wildman–Crippen MR) is 282 cm³/mol. The Kier molecular flexibility index (Phi) is 38.9. The highest BCUT2D eigenvalue weighted by Crippen LogP contribution is 2.35. The average molecular weight is 1020 g/mol. The molecule has 0 N–H and O–H groups in total. The van der Waals surface area contributed by atoms with Crippen molar-refractivity contribution in [2.45, 2.75) is 309 Å². The van der Waals surface area contributed by atoms with Gasteiger partial charge in [0.05, 0.1) is 0 Å². The number of hydrogen-bond donors (Lipinski definition) is 0. The summed E-state index contributed by atoms with van der Waals surface area (Å²) in [5.41, 5.74) is -1.48. The van der Waals surface area contributed by atoms with E-state index in [1.54, 1.807) is 13.8 Å². The van der Waals surface area contributed by atoms with Crippen LogP contribution in [0.5, 0.6) is 0 Å². The fourth-order valence-corrected chi connectivity index (χ4v) is 6.84. The minimum atomic E-state index is -0.786. The van der Waals surface area contributed by atoms with E-state index in [1.807, 2.05) is 62.3 Å². The van der Waals surface area contributed by atoms with Gasteiger partial charge in [0.15, 0.2) is 0 Å². The van der Waals surface area contributed by atoms with Gasteiger partial charge in [0.1, 0.15) is 33.6 Å². The van der Waals surface area contributed by atoms with E-state index in [0.29, 0.717) is 0 Å². The van der Waals surface area contributed by atoms with Crippen molar-refractivity contribution in [2.75, 3.05) is 7.11 Å². The lowest BCUT2D eigenvalue weighted by Gasteiger charge is -2.37. The lowest BCUT2D eigenvalue weighted by molar-refractivity contribution is -0.203. The largest absolute Gasteiger partial charge is 0.460 e. The van der Waals surface area contributed by atoms with E-state index in [2.05, 4.69) is 48.5 Å². The second kappa shape index (κ2) is 36.2. The Balaban J connectivity index is -0.000000240. The molecule has 0 amide bonds. The summed E-state index contributed by atoms with van der Waals surface area (Å²) < 4.78 is 40.3. The zero-order valence-corrected chi connectivity index (χ0v) is 50.2. The van der Waals surface area contributed by atoms with Crippen LogP contribution in [-0.2, 0) is 71.5 Å². The van der Waals surface area contributed by atoms with Gasteiger partial charge >= 0.3 is 41.8 Å². The Morgan fingerprint density at radius 2 is 0.775 bits per heavy atom. The normalized spacial score (nSPS) is 15.0. The molecule has 0 spiro atoms. The van der Waals surface area contributed by atoms with Crippen molar-refractivity contribution in [3.05, 3.63) is 0 Å². The van der Waals surface area contributed by atoms with Gasteiger partial charge in [-0.2, -0.15) is 0 Å². The first kappa shape index (κ1) is 76.2. The van der Waals surface area contributed by atoms with Gasteiger partial charge in [-0.3, -0.25) is 33.6 Å². The Hall–Kier alpha value is -3.75. The summed E-state index contributed by atoms with van der Waals surface area (Å²) in [6.07, 6.45) is 16.1. The van der Waals surface area contributed by atoms with Gasteiger partial charge in [0.25, 0.3) is 0 Å². The van der Waals surface area contributed by atoms with Crippen LogP contribution < -0.4 is 0 Å². The molecule has 2 rings (SSSR count). The van der Waals surface area contributed by atoms with Crippen molar-refractivity contribution in [3.63, 3.8) is 0 Å². The number of rotatable bonds is 12. The van der Waals surface area contributed by atoms with Crippen molar-refractivity contribution in [1.29, 1.82) is 0 Å². The van der Waals surface area contributed by atoms with Gasteiger partial charge in [-0.1, -0.05) is 68.2 Å². The lowest BCUT2D eigenvalue weighted by atomic mass is 9.79. The van der Waals surface area contributed by atoms with Crippen LogP contribution in [0.15, 0.2) is 0 Å². The first-order valence-electron chi connectivity index (χ1n) is 25.9. The van der Waals surface area contributed by atoms with E-state index in [0.717, 1.165) is 57.8 Å². The van der Waals surface area contributed by atoms with E-state index in [9.17, 15) is 33.6 Å². The summed E-state index contributed by atoms with van der Waals surface area (Å²) in [6.45, 7) is 45.0. The quantitative estimate of drug-likeness (QED) is 0.102. The Bertz CT molecular complexity index is 1460. The second-order valence-corrected chi connectivity index (χ2v) is 22.1. The minimum absolute atomic E-state index is 0.0152. The molecule has 0 atom stereocenters. The molecule has 0 heterocycles. The number of ether oxygens (including phenoxy) is 8. The Morgan fingerprint density at radius 3 is 0.958 bits per heavy atom. The van der Waals surface area contributed by atoms with Crippen molar-refractivity contribution in [3.8, 4) is 0 Å². The molecule has 0 aromatic rings. The van der Waals surface area contributed by atoms with Gasteiger partial charge in [-0.15, -0.1) is 0 Å². The number of esters is 7. The van der Waals surface area contributed by atoms with Crippen LogP contribution in [0, 0.1) is 5.41 Å². The zero-order chi connectivity index (χ0) is 57.3. The van der Waals surface area contributed by atoms with Crippen LogP contribution in [0.25, 0.3) is 0 Å². The van der Waals surface area contributed by atoms with Gasteiger partial charge in [0.2, 0.25) is 5.79 Å². The smallest absolute Gasteiger partial charge is 0.305 e. The summed E-state index contributed by atoms with van der Waals surface area (Å²) in [7, 11) is 1.49. The molecule has 0 aromatic carbocycles. The van der Waals surface area contributed by atoms with E-state index in [1.165, 1.54) is 94.1 Å². The molecule has 2 saturated carbocycles. The summed E-state index contributed by atoms with van der Waals surface area (Å²) in [6, 6.07) is 0. The highest BCUT2D eigenvalue weighted by Gasteiger charge is 2.36.